The molecule has 0 aliphatic carbocycles. The second-order valence-electron chi connectivity index (χ2n) is 5.41. The molecule has 1 aromatic carbocycles. The van der Waals surface area contributed by atoms with E-state index in [1.54, 1.807) is 25.5 Å². The van der Waals surface area contributed by atoms with E-state index in [1.807, 2.05) is 31.2 Å². The highest BCUT2D eigenvalue weighted by atomic mass is 32.1. The number of thiophene rings is 1. The lowest BCUT2D eigenvalue weighted by molar-refractivity contribution is 0.213. The Morgan fingerprint density at radius 1 is 1.21 bits per heavy atom. The first-order valence-corrected chi connectivity index (χ1v) is 8.79. The van der Waals surface area contributed by atoms with Gasteiger partial charge in [-0.25, -0.2) is 0 Å². The SMILES string of the molecule is CN=C(NCc1sccc1C)NCC(C)Oc1ccccc1OC. The van der Waals surface area contributed by atoms with Gasteiger partial charge in [0.05, 0.1) is 20.2 Å². The van der Waals surface area contributed by atoms with Crippen molar-refractivity contribution in [3.8, 4) is 11.5 Å². The number of benzene rings is 1. The summed E-state index contributed by atoms with van der Waals surface area (Å²) in [6, 6.07) is 9.77. The second-order valence-corrected chi connectivity index (χ2v) is 6.41. The zero-order valence-electron chi connectivity index (χ0n) is 14.6. The first-order valence-electron chi connectivity index (χ1n) is 7.91. The number of hydrogen-bond donors (Lipinski definition) is 2. The average molecular weight is 347 g/mol. The fourth-order valence-electron chi connectivity index (χ4n) is 2.18. The quantitative estimate of drug-likeness (QED) is 0.597. The molecule has 1 aromatic heterocycles. The molecule has 2 rings (SSSR count). The molecule has 0 aliphatic rings. The molecule has 2 aromatic rings. The van der Waals surface area contributed by atoms with Gasteiger partial charge >= 0.3 is 0 Å². The van der Waals surface area contributed by atoms with Gasteiger partial charge in [-0.05, 0) is 43.0 Å². The average Bonchev–Trinajstić information content (AvgIpc) is 3.00. The Hall–Kier alpha value is -2.21. The molecule has 0 spiro atoms. The lowest BCUT2D eigenvalue weighted by atomic mass is 10.3. The summed E-state index contributed by atoms with van der Waals surface area (Å²) < 4.78 is 11.2. The van der Waals surface area contributed by atoms with Gasteiger partial charge in [-0.1, -0.05) is 12.1 Å². The summed E-state index contributed by atoms with van der Waals surface area (Å²) in [6.07, 6.45) is -0.0247. The molecule has 5 nitrogen and oxygen atoms in total. The summed E-state index contributed by atoms with van der Waals surface area (Å²) in [4.78, 5) is 5.56. The van der Waals surface area contributed by atoms with E-state index in [4.69, 9.17) is 9.47 Å². The minimum Gasteiger partial charge on any atom is -0.493 e. The van der Waals surface area contributed by atoms with E-state index in [0.717, 1.165) is 24.0 Å². The van der Waals surface area contributed by atoms with Crippen LogP contribution in [0.3, 0.4) is 0 Å². The summed E-state index contributed by atoms with van der Waals surface area (Å²) in [5.41, 5.74) is 1.30. The van der Waals surface area contributed by atoms with Crippen LogP contribution in [0.2, 0.25) is 0 Å². The Kier molecular flexibility index (Phi) is 6.93. The Morgan fingerprint density at radius 3 is 2.58 bits per heavy atom. The second kappa shape index (κ2) is 9.17. The van der Waals surface area contributed by atoms with E-state index >= 15 is 0 Å². The van der Waals surface area contributed by atoms with Crippen LogP contribution >= 0.6 is 11.3 Å². The van der Waals surface area contributed by atoms with Crippen LogP contribution in [0.25, 0.3) is 0 Å². The Balaban J connectivity index is 1.81. The van der Waals surface area contributed by atoms with Crippen LogP contribution in [0, 0.1) is 6.92 Å². The van der Waals surface area contributed by atoms with Gasteiger partial charge in [-0.2, -0.15) is 0 Å². The molecule has 24 heavy (non-hydrogen) atoms. The summed E-state index contributed by atoms with van der Waals surface area (Å²) in [5, 5.41) is 8.71. The van der Waals surface area contributed by atoms with Gasteiger partial charge in [-0.3, -0.25) is 4.99 Å². The molecule has 0 fully saturated rings. The first kappa shape index (κ1) is 18.1. The highest BCUT2D eigenvalue weighted by Crippen LogP contribution is 2.26. The smallest absolute Gasteiger partial charge is 0.191 e. The molecule has 1 unspecified atom stereocenters. The topological polar surface area (TPSA) is 54.9 Å². The molecule has 6 heteroatoms. The zero-order valence-corrected chi connectivity index (χ0v) is 15.4. The van der Waals surface area contributed by atoms with E-state index in [1.165, 1.54) is 10.4 Å². The number of ether oxygens (including phenoxy) is 2. The lowest BCUT2D eigenvalue weighted by Gasteiger charge is -2.19. The standard InChI is InChI=1S/C18H25N3O2S/c1-13-9-10-24-17(13)12-21-18(19-3)20-11-14(2)23-16-8-6-5-7-15(16)22-4/h5-10,14H,11-12H2,1-4H3,(H2,19,20,21). The molecule has 0 saturated heterocycles. The first-order chi connectivity index (χ1) is 11.6. The maximum Gasteiger partial charge on any atom is 0.191 e. The number of nitrogens with zero attached hydrogens (tertiary/aromatic N) is 1. The van der Waals surface area contributed by atoms with Gasteiger partial charge in [0.15, 0.2) is 17.5 Å². The maximum absolute atomic E-state index is 5.93. The number of aliphatic imine (C=N–C) groups is 1. The van der Waals surface area contributed by atoms with E-state index in [2.05, 4.69) is 34.0 Å². The Morgan fingerprint density at radius 2 is 1.96 bits per heavy atom. The monoisotopic (exact) mass is 347 g/mol. The number of aryl methyl sites for hydroxylation is 1. The van der Waals surface area contributed by atoms with Gasteiger partial charge in [0.1, 0.15) is 6.10 Å². The molecule has 130 valence electrons. The Bertz CT molecular complexity index is 670. The van der Waals surface area contributed by atoms with Crippen LogP contribution in [0.4, 0.5) is 0 Å². The van der Waals surface area contributed by atoms with E-state index < -0.39 is 0 Å². The summed E-state index contributed by atoms with van der Waals surface area (Å²) >= 11 is 1.75. The molecule has 1 atom stereocenters. The van der Waals surface area contributed by atoms with Crippen LogP contribution in [-0.2, 0) is 6.54 Å². The van der Waals surface area contributed by atoms with Gasteiger partial charge < -0.3 is 20.1 Å². The van der Waals surface area contributed by atoms with Crippen molar-refractivity contribution in [2.75, 3.05) is 20.7 Å². The fraction of sp³-hybridized carbons (Fsp3) is 0.389. The number of nitrogens with one attached hydrogen (secondary N) is 2. The predicted molar refractivity (Wildman–Crippen MR) is 100 cm³/mol. The van der Waals surface area contributed by atoms with Crippen molar-refractivity contribution in [2.45, 2.75) is 26.5 Å². The number of para-hydroxylation sites is 2. The summed E-state index contributed by atoms with van der Waals surface area (Å²) in [5.74, 6) is 2.24. The molecule has 2 N–H and O–H groups in total. The van der Waals surface area contributed by atoms with Crippen molar-refractivity contribution in [2.24, 2.45) is 4.99 Å². The molecular formula is C18H25N3O2S. The van der Waals surface area contributed by atoms with Crippen molar-refractivity contribution in [1.29, 1.82) is 0 Å². The minimum absolute atomic E-state index is 0.0247. The number of hydrogen-bond acceptors (Lipinski definition) is 4. The van der Waals surface area contributed by atoms with E-state index in [0.29, 0.717) is 6.54 Å². The van der Waals surface area contributed by atoms with Crippen molar-refractivity contribution >= 4 is 17.3 Å². The molecule has 0 saturated carbocycles. The summed E-state index contributed by atoms with van der Waals surface area (Å²) in [6.45, 7) is 5.54. The number of rotatable bonds is 7. The van der Waals surface area contributed by atoms with Crippen molar-refractivity contribution in [3.05, 3.63) is 46.2 Å². The van der Waals surface area contributed by atoms with Crippen molar-refractivity contribution in [3.63, 3.8) is 0 Å². The summed E-state index contributed by atoms with van der Waals surface area (Å²) in [7, 11) is 3.41. The van der Waals surface area contributed by atoms with Gasteiger partial charge in [0.25, 0.3) is 0 Å². The Labute approximate surface area is 147 Å². The maximum atomic E-state index is 5.93. The third-order valence-corrected chi connectivity index (χ3v) is 4.59. The molecule has 0 aliphatic heterocycles. The lowest BCUT2D eigenvalue weighted by Crippen LogP contribution is -2.41. The highest BCUT2D eigenvalue weighted by Gasteiger charge is 2.09. The van der Waals surface area contributed by atoms with Crippen LogP contribution < -0.4 is 20.1 Å². The zero-order chi connectivity index (χ0) is 17.4. The van der Waals surface area contributed by atoms with Gasteiger partial charge in [-0.15, -0.1) is 11.3 Å². The van der Waals surface area contributed by atoms with Crippen molar-refractivity contribution in [1.82, 2.24) is 10.6 Å². The highest BCUT2D eigenvalue weighted by molar-refractivity contribution is 7.10. The van der Waals surface area contributed by atoms with Crippen LogP contribution in [0.1, 0.15) is 17.4 Å². The predicted octanol–water partition coefficient (Wildman–Crippen LogP) is 3.20. The van der Waals surface area contributed by atoms with E-state index in [-0.39, 0.29) is 6.10 Å². The molecule has 0 amide bonds. The molecule has 0 radical (unpaired) electrons. The molecular weight excluding hydrogens is 322 g/mol. The number of methoxy groups -OCH3 is 1. The van der Waals surface area contributed by atoms with Crippen LogP contribution in [0.5, 0.6) is 11.5 Å². The third-order valence-electron chi connectivity index (χ3n) is 3.56. The molecule has 1 heterocycles. The largest absolute Gasteiger partial charge is 0.493 e. The van der Waals surface area contributed by atoms with Crippen LogP contribution in [0.15, 0.2) is 40.7 Å². The van der Waals surface area contributed by atoms with E-state index in [9.17, 15) is 0 Å². The third kappa shape index (κ3) is 5.16. The minimum atomic E-state index is -0.0247. The fourth-order valence-corrected chi connectivity index (χ4v) is 3.03. The normalized spacial score (nSPS) is 12.6. The van der Waals surface area contributed by atoms with Crippen molar-refractivity contribution < 1.29 is 9.47 Å². The number of guanidine groups is 1. The van der Waals surface area contributed by atoms with Gasteiger partial charge in [0, 0.05) is 11.9 Å². The van der Waals surface area contributed by atoms with Gasteiger partial charge in [0.2, 0.25) is 0 Å². The van der Waals surface area contributed by atoms with Crippen LogP contribution in [-0.4, -0.2) is 32.8 Å². The molecule has 0 bridgehead atoms.